The quantitative estimate of drug-likeness (QED) is 0.674. The summed E-state index contributed by atoms with van der Waals surface area (Å²) in [6.45, 7) is 3.97. The minimum Gasteiger partial charge on any atom is -0.504 e. The molecule has 0 bridgehead atoms. The van der Waals surface area contributed by atoms with Crippen LogP contribution < -0.4 is 4.74 Å². The van der Waals surface area contributed by atoms with Gasteiger partial charge in [0.2, 0.25) is 0 Å². The van der Waals surface area contributed by atoms with Crippen molar-refractivity contribution < 1.29 is 14.6 Å². The van der Waals surface area contributed by atoms with Gasteiger partial charge >= 0.3 is 0 Å². The summed E-state index contributed by atoms with van der Waals surface area (Å²) in [4.78, 5) is 10.9. The molecule has 0 spiro atoms. The molecule has 0 heterocycles. The first-order valence-electron chi connectivity index (χ1n) is 6.41. The Morgan fingerprint density at radius 1 is 1.19 bits per heavy atom. The number of methoxy groups -OCH3 is 1. The van der Waals surface area contributed by atoms with Crippen molar-refractivity contribution in [1.82, 2.24) is 0 Å². The molecule has 1 N–H and O–H groups in total. The van der Waals surface area contributed by atoms with Gasteiger partial charge in [-0.15, -0.1) is 0 Å². The molecule has 0 aliphatic carbocycles. The van der Waals surface area contributed by atoms with Crippen molar-refractivity contribution >= 4 is 17.7 Å². The number of ether oxygens (including phenoxy) is 1. The maximum absolute atomic E-state index is 10.9. The number of azo groups is 1. The maximum Gasteiger partial charge on any atom is 0.168 e. The molecule has 5 nitrogen and oxygen atoms in total. The summed E-state index contributed by atoms with van der Waals surface area (Å²) in [5.74, 6) is -0.00676. The maximum atomic E-state index is 10.9. The molecule has 108 valence electrons. The van der Waals surface area contributed by atoms with Crippen LogP contribution in [-0.4, -0.2) is 18.5 Å². The van der Waals surface area contributed by atoms with Gasteiger partial charge in [0.15, 0.2) is 17.8 Å². The molecule has 0 aliphatic heterocycles. The smallest absolute Gasteiger partial charge is 0.168 e. The van der Waals surface area contributed by atoms with Crippen LogP contribution in [0.1, 0.15) is 21.5 Å². The molecular formula is C16H16N2O3. The number of hydrogen-bond donors (Lipinski definition) is 1. The number of hydrogen-bond acceptors (Lipinski definition) is 5. The number of nitrogens with zero attached hydrogens (tertiary/aromatic N) is 2. The van der Waals surface area contributed by atoms with Gasteiger partial charge in [-0.1, -0.05) is 12.1 Å². The summed E-state index contributed by atoms with van der Waals surface area (Å²) in [6.07, 6.45) is 0.550. The molecule has 2 aromatic rings. The minimum absolute atomic E-state index is 0.115. The lowest BCUT2D eigenvalue weighted by molar-refractivity contribution is 0.112. The second kappa shape index (κ2) is 6.17. The van der Waals surface area contributed by atoms with Crippen LogP contribution in [0.15, 0.2) is 40.6 Å². The third-order valence-electron chi connectivity index (χ3n) is 3.29. The fourth-order valence-electron chi connectivity index (χ4n) is 1.87. The molecule has 0 amide bonds. The largest absolute Gasteiger partial charge is 0.504 e. The molecule has 0 radical (unpaired) electrons. The Kier molecular flexibility index (Phi) is 4.33. The van der Waals surface area contributed by atoms with Crippen LogP contribution in [0.3, 0.4) is 0 Å². The first-order chi connectivity index (χ1) is 10.1. The summed E-state index contributed by atoms with van der Waals surface area (Å²) >= 11 is 0. The monoisotopic (exact) mass is 284 g/mol. The van der Waals surface area contributed by atoms with Gasteiger partial charge in [0, 0.05) is 6.07 Å². The molecule has 2 aromatic carbocycles. The minimum atomic E-state index is -0.196. The highest BCUT2D eigenvalue weighted by Gasteiger charge is 2.10. The van der Waals surface area contributed by atoms with Crippen molar-refractivity contribution in [3.63, 3.8) is 0 Å². The van der Waals surface area contributed by atoms with Crippen molar-refractivity contribution in [2.24, 2.45) is 10.2 Å². The van der Waals surface area contributed by atoms with E-state index in [4.69, 9.17) is 4.74 Å². The molecule has 0 atom stereocenters. The highest BCUT2D eigenvalue weighted by molar-refractivity contribution is 5.83. The first-order valence-corrected chi connectivity index (χ1v) is 6.41. The molecule has 0 aromatic heterocycles. The van der Waals surface area contributed by atoms with E-state index in [2.05, 4.69) is 10.2 Å². The van der Waals surface area contributed by atoms with E-state index >= 15 is 0 Å². The van der Waals surface area contributed by atoms with E-state index in [1.165, 1.54) is 19.2 Å². The van der Waals surface area contributed by atoms with E-state index in [0.717, 1.165) is 16.8 Å². The zero-order chi connectivity index (χ0) is 15.4. The summed E-state index contributed by atoms with van der Waals surface area (Å²) in [6, 6.07) is 8.76. The van der Waals surface area contributed by atoms with E-state index in [1.807, 2.05) is 32.0 Å². The topological polar surface area (TPSA) is 71.2 Å². The number of aldehydes is 1. The number of phenolic OH excluding ortho intramolecular Hbond substituents is 1. The Labute approximate surface area is 122 Å². The predicted molar refractivity (Wildman–Crippen MR) is 80.1 cm³/mol. The number of aryl methyl sites for hydroxylation is 1. The van der Waals surface area contributed by atoms with Crippen molar-refractivity contribution in [2.45, 2.75) is 13.8 Å². The van der Waals surface area contributed by atoms with Gasteiger partial charge in [0.25, 0.3) is 0 Å². The van der Waals surface area contributed by atoms with E-state index < -0.39 is 0 Å². The highest BCUT2D eigenvalue weighted by Crippen LogP contribution is 2.34. The molecule has 0 unspecified atom stereocenters. The van der Waals surface area contributed by atoms with Crippen LogP contribution in [0.5, 0.6) is 11.5 Å². The number of carbonyl (C=O) groups is 1. The van der Waals surface area contributed by atoms with Crippen molar-refractivity contribution in [1.29, 1.82) is 0 Å². The van der Waals surface area contributed by atoms with Gasteiger partial charge in [-0.05, 0) is 37.1 Å². The zero-order valence-corrected chi connectivity index (χ0v) is 12.1. The number of aromatic hydroxyl groups is 1. The van der Waals surface area contributed by atoms with Crippen LogP contribution in [-0.2, 0) is 0 Å². The standard InChI is InChI=1S/C16H16N2O3/c1-10-5-4-6-14(11(10)2)18-17-13-7-12(9-19)16(20)15(8-13)21-3/h4-9,20H,1-3H3. The zero-order valence-electron chi connectivity index (χ0n) is 12.1. The van der Waals surface area contributed by atoms with Gasteiger partial charge in [-0.25, -0.2) is 0 Å². The summed E-state index contributed by atoms with van der Waals surface area (Å²) < 4.78 is 5.01. The molecular weight excluding hydrogens is 268 g/mol. The van der Waals surface area contributed by atoms with E-state index in [0.29, 0.717) is 12.0 Å². The van der Waals surface area contributed by atoms with Crippen LogP contribution in [0.4, 0.5) is 11.4 Å². The van der Waals surface area contributed by atoms with Crippen molar-refractivity contribution in [3.05, 3.63) is 47.0 Å². The average Bonchev–Trinajstić information content (AvgIpc) is 2.49. The number of benzene rings is 2. The number of rotatable bonds is 4. The fraction of sp³-hybridized carbons (Fsp3) is 0.188. The second-order valence-electron chi connectivity index (χ2n) is 4.62. The SMILES string of the molecule is COc1cc(N=Nc2cccc(C)c2C)cc(C=O)c1O. The van der Waals surface area contributed by atoms with E-state index in [-0.39, 0.29) is 17.1 Å². The van der Waals surface area contributed by atoms with Gasteiger partial charge in [-0.2, -0.15) is 10.2 Å². The molecule has 0 saturated carbocycles. The van der Waals surface area contributed by atoms with Crippen LogP contribution in [0.25, 0.3) is 0 Å². The highest BCUT2D eigenvalue weighted by atomic mass is 16.5. The van der Waals surface area contributed by atoms with Gasteiger partial charge < -0.3 is 9.84 Å². The first kappa shape index (κ1) is 14.7. The average molecular weight is 284 g/mol. The predicted octanol–water partition coefficient (Wildman–Crippen LogP) is 4.25. The summed E-state index contributed by atoms with van der Waals surface area (Å²) in [5.41, 5.74) is 3.48. The van der Waals surface area contributed by atoms with E-state index in [1.54, 1.807) is 0 Å². The Bertz CT molecular complexity index is 709. The Morgan fingerprint density at radius 3 is 2.62 bits per heavy atom. The number of carbonyl (C=O) groups excluding carboxylic acids is 1. The normalized spacial score (nSPS) is 10.8. The fourth-order valence-corrected chi connectivity index (χ4v) is 1.87. The Balaban J connectivity index is 2.41. The molecule has 0 fully saturated rings. The van der Waals surface area contributed by atoms with Gasteiger partial charge in [-0.3, -0.25) is 4.79 Å². The summed E-state index contributed by atoms with van der Waals surface area (Å²) in [5, 5.41) is 18.1. The van der Waals surface area contributed by atoms with Gasteiger partial charge in [0.1, 0.15) is 0 Å². The Hall–Kier alpha value is -2.69. The van der Waals surface area contributed by atoms with E-state index in [9.17, 15) is 9.90 Å². The lowest BCUT2D eigenvalue weighted by atomic mass is 10.1. The second-order valence-corrected chi connectivity index (χ2v) is 4.62. The number of phenols is 1. The molecule has 0 aliphatic rings. The third-order valence-corrected chi connectivity index (χ3v) is 3.29. The molecule has 2 rings (SSSR count). The molecule has 0 saturated heterocycles. The summed E-state index contributed by atoms with van der Waals surface area (Å²) in [7, 11) is 1.41. The molecule has 21 heavy (non-hydrogen) atoms. The van der Waals surface area contributed by atoms with Crippen molar-refractivity contribution in [2.75, 3.05) is 7.11 Å². The van der Waals surface area contributed by atoms with Crippen LogP contribution >= 0.6 is 0 Å². The van der Waals surface area contributed by atoms with Crippen LogP contribution in [0.2, 0.25) is 0 Å². The lowest BCUT2D eigenvalue weighted by Crippen LogP contribution is -1.88. The lowest BCUT2D eigenvalue weighted by Gasteiger charge is -2.06. The van der Waals surface area contributed by atoms with Crippen LogP contribution in [0, 0.1) is 13.8 Å². The van der Waals surface area contributed by atoms with Gasteiger partial charge in [0.05, 0.1) is 24.0 Å². The third kappa shape index (κ3) is 3.08. The van der Waals surface area contributed by atoms with Crippen molar-refractivity contribution in [3.8, 4) is 11.5 Å². The Morgan fingerprint density at radius 2 is 1.95 bits per heavy atom. The molecule has 5 heteroatoms.